The van der Waals surface area contributed by atoms with E-state index in [1.807, 2.05) is 34.6 Å². The third-order valence-electron chi connectivity index (χ3n) is 2.97. The molecule has 0 saturated carbocycles. The molecular weight excluding hydrogens is 408 g/mol. The van der Waals surface area contributed by atoms with Crippen LogP contribution in [0, 0.1) is 5.92 Å². The minimum atomic E-state index is -0.407. The molecule has 0 rings (SSSR count). The van der Waals surface area contributed by atoms with E-state index in [1.165, 1.54) is 32.8 Å². The Kier molecular flexibility index (Phi) is 26.9. The molecule has 188 valence electrons. The van der Waals surface area contributed by atoms with Crippen LogP contribution in [0.3, 0.4) is 0 Å². The van der Waals surface area contributed by atoms with Crippen LogP contribution in [0.5, 0.6) is 0 Å². The monoisotopic (exact) mass is 456 g/mol. The topological polar surface area (TPSA) is 78.9 Å². The standard InChI is InChI=1S/2C8H14O2.C6H14.C4H6O2/c1-6(2)7(9)10-8(3,4)5;1-6(2)5-10-8(9)7(3)4;1-3-5-6-4-2;1-3-4(5)6-2/h1H2,2-5H3;6H,3,5H2,1-2,4H3;3-6H2,1-2H3;3H,1H2,2H3. The minimum absolute atomic E-state index is 0.297. The summed E-state index contributed by atoms with van der Waals surface area (Å²) >= 11 is 0. The molecule has 6 heteroatoms. The normalized spacial score (nSPS) is 9.34. The molecule has 0 aliphatic carbocycles. The number of carbonyl (C=O) groups excluding carboxylic acids is 3. The van der Waals surface area contributed by atoms with Crippen LogP contribution >= 0.6 is 0 Å². The van der Waals surface area contributed by atoms with Gasteiger partial charge >= 0.3 is 17.9 Å². The second kappa shape index (κ2) is 23.3. The van der Waals surface area contributed by atoms with Crippen molar-refractivity contribution in [3.8, 4) is 0 Å². The largest absolute Gasteiger partial charge is 0.466 e. The molecule has 0 fully saturated rings. The van der Waals surface area contributed by atoms with Gasteiger partial charge in [0.1, 0.15) is 5.60 Å². The summed E-state index contributed by atoms with van der Waals surface area (Å²) in [6, 6.07) is 0. The summed E-state index contributed by atoms with van der Waals surface area (Å²) in [5.41, 5.74) is 0.492. The Bertz CT molecular complexity index is 549. The van der Waals surface area contributed by atoms with Gasteiger partial charge in [0, 0.05) is 17.2 Å². The lowest BCUT2D eigenvalue weighted by Gasteiger charge is -2.19. The number of esters is 3. The zero-order valence-electron chi connectivity index (χ0n) is 22.3. The van der Waals surface area contributed by atoms with Gasteiger partial charge in [0.25, 0.3) is 0 Å². The first-order valence-corrected chi connectivity index (χ1v) is 11.0. The van der Waals surface area contributed by atoms with Crippen LogP contribution in [0.2, 0.25) is 0 Å². The van der Waals surface area contributed by atoms with Crippen molar-refractivity contribution in [3.05, 3.63) is 37.0 Å². The zero-order valence-corrected chi connectivity index (χ0v) is 22.3. The second-order valence-corrected chi connectivity index (χ2v) is 8.49. The summed E-state index contributed by atoms with van der Waals surface area (Å²) < 4.78 is 13.9. The van der Waals surface area contributed by atoms with E-state index in [4.69, 9.17) is 9.47 Å². The summed E-state index contributed by atoms with van der Waals surface area (Å²) in [4.78, 5) is 31.4. The number of methoxy groups -OCH3 is 1. The van der Waals surface area contributed by atoms with Crippen LogP contribution in [-0.2, 0) is 28.6 Å². The van der Waals surface area contributed by atoms with Gasteiger partial charge in [-0.05, 0) is 40.5 Å². The zero-order chi connectivity index (χ0) is 26.3. The van der Waals surface area contributed by atoms with Crippen LogP contribution in [-0.4, -0.2) is 37.2 Å². The fraction of sp³-hybridized carbons (Fsp3) is 0.654. The summed E-state index contributed by atoms with van der Waals surface area (Å²) in [7, 11) is 1.31. The molecule has 0 saturated heterocycles. The van der Waals surface area contributed by atoms with Crippen molar-refractivity contribution in [2.24, 2.45) is 5.92 Å². The van der Waals surface area contributed by atoms with E-state index in [0.717, 1.165) is 6.08 Å². The van der Waals surface area contributed by atoms with Crippen molar-refractivity contribution in [2.45, 2.75) is 93.6 Å². The van der Waals surface area contributed by atoms with E-state index in [9.17, 15) is 14.4 Å². The molecule has 0 aromatic heterocycles. The first-order valence-electron chi connectivity index (χ1n) is 11.0. The van der Waals surface area contributed by atoms with Crippen molar-refractivity contribution in [1.82, 2.24) is 0 Å². The number of hydrogen-bond donors (Lipinski definition) is 0. The molecule has 0 heterocycles. The van der Waals surface area contributed by atoms with Crippen molar-refractivity contribution in [3.63, 3.8) is 0 Å². The maximum Gasteiger partial charge on any atom is 0.333 e. The second-order valence-electron chi connectivity index (χ2n) is 8.49. The van der Waals surface area contributed by atoms with Crippen molar-refractivity contribution in [1.29, 1.82) is 0 Å². The first-order chi connectivity index (χ1) is 14.6. The molecule has 0 spiro atoms. The van der Waals surface area contributed by atoms with Crippen molar-refractivity contribution >= 4 is 17.9 Å². The molecule has 0 aromatic carbocycles. The third-order valence-corrected chi connectivity index (χ3v) is 2.97. The summed E-state index contributed by atoms with van der Waals surface area (Å²) in [6.07, 6.45) is 6.65. The summed E-state index contributed by atoms with van der Waals surface area (Å²) in [5.74, 6) is -0.625. The molecule has 0 aliphatic rings. The van der Waals surface area contributed by atoms with Gasteiger partial charge in [-0.2, -0.15) is 0 Å². The summed E-state index contributed by atoms with van der Waals surface area (Å²) in [6.45, 7) is 27.8. The van der Waals surface area contributed by atoms with Gasteiger partial charge in [-0.3, -0.25) is 0 Å². The van der Waals surface area contributed by atoms with Gasteiger partial charge in [-0.15, -0.1) is 0 Å². The molecular formula is C26H48O6. The van der Waals surface area contributed by atoms with Crippen LogP contribution in [0.4, 0.5) is 0 Å². The van der Waals surface area contributed by atoms with E-state index >= 15 is 0 Å². The average molecular weight is 457 g/mol. The molecule has 0 amide bonds. The Morgan fingerprint density at radius 1 is 0.906 bits per heavy atom. The molecule has 0 atom stereocenters. The predicted octanol–water partition coefficient (Wildman–Crippen LogP) is 6.60. The molecule has 0 unspecified atom stereocenters. The van der Waals surface area contributed by atoms with Gasteiger partial charge in [0.15, 0.2) is 0 Å². The molecule has 32 heavy (non-hydrogen) atoms. The first kappa shape index (κ1) is 37.0. The predicted molar refractivity (Wildman–Crippen MR) is 133 cm³/mol. The maximum atomic E-state index is 10.8. The fourth-order valence-corrected chi connectivity index (χ4v) is 1.31. The molecule has 0 aliphatic heterocycles. The highest BCUT2D eigenvalue weighted by Gasteiger charge is 2.15. The number of unbranched alkanes of at least 4 members (excludes halogenated alkanes) is 3. The van der Waals surface area contributed by atoms with Crippen molar-refractivity contribution in [2.75, 3.05) is 13.7 Å². The molecule has 0 bridgehead atoms. The quantitative estimate of drug-likeness (QED) is 0.177. The van der Waals surface area contributed by atoms with Gasteiger partial charge in [0.05, 0.1) is 13.7 Å². The van der Waals surface area contributed by atoms with Gasteiger partial charge in [-0.1, -0.05) is 73.1 Å². The maximum absolute atomic E-state index is 10.8. The van der Waals surface area contributed by atoms with Crippen LogP contribution < -0.4 is 0 Å². The smallest absolute Gasteiger partial charge is 0.333 e. The molecule has 0 N–H and O–H groups in total. The minimum Gasteiger partial charge on any atom is -0.466 e. The Morgan fingerprint density at radius 3 is 1.47 bits per heavy atom. The van der Waals surface area contributed by atoms with E-state index < -0.39 is 11.6 Å². The number of ether oxygens (including phenoxy) is 3. The van der Waals surface area contributed by atoms with E-state index in [1.54, 1.807) is 13.8 Å². The highest BCUT2D eigenvalue weighted by molar-refractivity contribution is 5.87. The lowest BCUT2D eigenvalue weighted by molar-refractivity contribution is -0.149. The number of rotatable bonds is 8. The Morgan fingerprint density at radius 2 is 1.31 bits per heavy atom. The Balaban J connectivity index is -0.000000168. The van der Waals surface area contributed by atoms with Crippen molar-refractivity contribution < 1.29 is 28.6 Å². The average Bonchev–Trinajstić information content (AvgIpc) is 2.69. The van der Waals surface area contributed by atoms with E-state index in [-0.39, 0.29) is 11.9 Å². The number of carbonyl (C=O) groups is 3. The summed E-state index contributed by atoms with van der Waals surface area (Å²) in [5, 5.41) is 0. The van der Waals surface area contributed by atoms with Gasteiger partial charge in [-0.25, -0.2) is 14.4 Å². The van der Waals surface area contributed by atoms with Crippen LogP contribution in [0.1, 0.15) is 88.0 Å². The molecule has 0 aromatic rings. The van der Waals surface area contributed by atoms with Gasteiger partial charge < -0.3 is 14.2 Å². The SMILES string of the molecule is C=C(C)C(=O)OC(C)(C)C.C=C(C)C(=O)OCC(C)C.C=CC(=O)OC.CCCCCC. The lowest BCUT2D eigenvalue weighted by atomic mass is 10.2. The molecule has 0 radical (unpaired) electrons. The van der Waals surface area contributed by atoms with E-state index in [2.05, 4.69) is 38.3 Å². The van der Waals surface area contributed by atoms with Crippen LogP contribution in [0.25, 0.3) is 0 Å². The Labute approximate surface area is 197 Å². The third kappa shape index (κ3) is 38.3. The van der Waals surface area contributed by atoms with Crippen LogP contribution in [0.15, 0.2) is 37.0 Å². The highest BCUT2D eigenvalue weighted by atomic mass is 16.6. The van der Waals surface area contributed by atoms with E-state index in [0.29, 0.717) is 23.7 Å². The molecule has 6 nitrogen and oxygen atoms in total. The Hall–Kier alpha value is -2.37. The lowest BCUT2D eigenvalue weighted by Crippen LogP contribution is -2.23. The highest BCUT2D eigenvalue weighted by Crippen LogP contribution is 2.09. The van der Waals surface area contributed by atoms with Gasteiger partial charge in [0.2, 0.25) is 0 Å². The number of hydrogen-bond acceptors (Lipinski definition) is 6. The fourth-order valence-electron chi connectivity index (χ4n) is 1.31.